The Morgan fingerprint density at radius 2 is 2.05 bits per heavy atom. The number of para-hydroxylation sites is 1. The standard InChI is InChI=1S/C15H20ClN3O2/c1-10(15(21)17-11-7-8-11)19(2)9-14(20)18-13-6-4-3-5-12(13)16/h3-6,10-11H,7-9H2,1-2H3,(H,17,21)(H,18,20)/p+1/t10-/m1/s1. The maximum absolute atomic E-state index is 12.0. The lowest BCUT2D eigenvalue weighted by atomic mass is 10.2. The van der Waals surface area contributed by atoms with Gasteiger partial charge in [0, 0.05) is 6.04 Å². The topological polar surface area (TPSA) is 62.6 Å². The summed E-state index contributed by atoms with van der Waals surface area (Å²) in [6.45, 7) is 2.04. The van der Waals surface area contributed by atoms with E-state index in [9.17, 15) is 9.59 Å². The SMILES string of the molecule is C[C@H](C(=O)NC1CC1)[NH+](C)CC(=O)Nc1ccccc1Cl. The van der Waals surface area contributed by atoms with Gasteiger partial charge in [0.15, 0.2) is 12.6 Å². The lowest BCUT2D eigenvalue weighted by Gasteiger charge is -2.20. The van der Waals surface area contributed by atoms with Crippen LogP contribution in [0.1, 0.15) is 19.8 Å². The molecular weight excluding hydrogens is 290 g/mol. The van der Waals surface area contributed by atoms with E-state index in [1.54, 1.807) is 18.2 Å². The van der Waals surface area contributed by atoms with Crippen molar-refractivity contribution in [1.82, 2.24) is 5.32 Å². The van der Waals surface area contributed by atoms with Gasteiger partial charge in [-0.15, -0.1) is 0 Å². The molecule has 0 radical (unpaired) electrons. The molecule has 0 spiro atoms. The zero-order chi connectivity index (χ0) is 15.4. The van der Waals surface area contributed by atoms with E-state index in [0.717, 1.165) is 17.7 Å². The second-order valence-corrected chi connectivity index (χ2v) is 5.96. The first-order valence-electron chi connectivity index (χ1n) is 7.14. The summed E-state index contributed by atoms with van der Waals surface area (Å²) in [4.78, 5) is 24.8. The fraction of sp³-hybridized carbons (Fsp3) is 0.467. The Kier molecular flexibility index (Phi) is 5.20. The normalized spacial score (nSPS) is 16.9. The van der Waals surface area contributed by atoms with Crippen LogP contribution in [-0.4, -0.2) is 37.5 Å². The first kappa shape index (κ1) is 15.8. The molecule has 2 amide bonds. The second-order valence-electron chi connectivity index (χ2n) is 5.56. The van der Waals surface area contributed by atoms with E-state index >= 15 is 0 Å². The number of quaternary nitrogens is 1. The van der Waals surface area contributed by atoms with Crippen LogP contribution in [-0.2, 0) is 9.59 Å². The second kappa shape index (κ2) is 6.91. The summed E-state index contributed by atoms with van der Waals surface area (Å²) in [6.07, 6.45) is 2.12. The van der Waals surface area contributed by atoms with Gasteiger partial charge >= 0.3 is 0 Å². The van der Waals surface area contributed by atoms with Gasteiger partial charge in [0.25, 0.3) is 11.8 Å². The largest absolute Gasteiger partial charge is 0.348 e. The van der Waals surface area contributed by atoms with E-state index in [2.05, 4.69) is 10.6 Å². The van der Waals surface area contributed by atoms with Crippen molar-refractivity contribution in [2.24, 2.45) is 0 Å². The summed E-state index contributed by atoms with van der Waals surface area (Å²) in [5.74, 6) is -0.160. The lowest BCUT2D eigenvalue weighted by Crippen LogP contribution is -3.15. The van der Waals surface area contributed by atoms with E-state index in [1.807, 2.05) is 20.0 Å². The molecule has 1 fully saturated rings. The fourth-order valence-electron chi connectivity index (χ4n) is 1.94. The Hall–Kier alpha value is -1.59. The van der Waals surface area contributed by atoms with E-state index in [1.165, 1.54) is 0 Å². The number of rotatable bonds is 6. The Balaban J connectivity index is 1.83. The van der Waals surface area contributed by atoms with E-state index < -0.39 is 0 Å². The molecule has 1 saturated carbocycles. The number of carbonyl (C=O) groups is 2. The molecule has 1 aromatic rings. The minimum absolute atomic E-state index is 0.000503. The third-order valence-electron chi connectivity index (χ3n) is 3.64. The van der Waals surface area contributed by atoms with Gasteiger partial charge < -0.3 is 15.5 Å². The van der Waals surface area contributed by atoms with Crippen molar-refractivity contribution in [2.45, 2.75) is 31.8 Å². The molecule has 5 nitrogen and oxygen atoms in total. The van der Waals surface area contributed by atoms with Crippen LogP contribution in [0.15, 0.2) is 24.3 Å². The third-order valence-corrected chi connectivity index (χ3v) is 3.97. The number of hydrogen-bond donors (Lipinski definition) is 3. The number of nitrogens with one attached hydrogen (secondary N) is 3. The minimum atomic E-state index is -0.261. The molecule has 114 valence electrons. The smallest absolute Gasteiger partial charge is 0.279 e. The molecule has 2 rings (SSSR count). The van der Waals surface area contributed by atoms with Gasteiger partial charge in [-0.2, -0.15) is 0 Å². The third kappa shape index (κ3) is 4.72. The molecule has 1 aliphatic carbocycles. The molecule has 1 aromatic carbocycles. The molecule has 1 aliphatic rings. The Morgan fingerprint density at radius 3 is 2.67 bits per heavy atom. The van der Waals surface area contributed by atoms with Gasteiger partial charge in [-0.3, -0.25) is 9.59 Å². The monoisotopic (exact) mass is 310 g/mol. The molecule has 3 N–H and O–H groups in total. The highest BCUT2D eigenvalue weighted by Crippen LogP contribution is 2.20. The van der Waals surface area contributed by atoms with Crippen LogP contribution in [0, 0.1) is 0 Å². The van der Waals surface area contributed by atoms with Gasteiger partial charge in [0.05, 0.1) is 17.8 Å². The quantitative estimate of drug-likeness (QED) is 0.715. The molecule has 21 heavy (non-hydrogen) atoms. The van der Waals surface area contributed by atoms with Crippen LogP contribution in [0.25, 0.3) is 0 Å². The van der Waals surface area contributed by atoms with Gasteiger partial charge in [-0.25, -0.2) is 0 Å². The van der Waals surface area contributed by atoms with Crippen LogP contribution >= 0.6 is 11.6 Å². The molecule has 2 atom stereocenters. The maximum Gasteiger partial charge on any atom is 0.279 e. The first-order chi connectivity index (χ1) is 9.97. The number of halogens is 1. The number of anilines is 1. The van der Waals surface area contributed by atoms with Gasteiger partial charge in [-0.05, 0) is 31.9 Å². The van der Waals surface area contributed by atoms with Gasteiger partial charge in [0.2, 0.25) is 0 Å². The first-order valence-corrected chi connectivity index (χ1v) is 7.52. The number of benzene rings is 1. The van der Waals surface area contributed by atoms with E-state index in [4.69, 9.17) is 11.6 Å². The summed E-state index contributed by atoms with van der Waals surface area (Å²) >= 11 is 6.00. The lowest BCUT2D eigenvalue weighted by molar-refractivity contribution is -0.885. The van der Waals surface area contributed by atoms with Crippen LogP contribution in [0.2, 0.25) is 5.02 Å². The molecule has 0 aliphatic heterocycles. The predicted octanol–water partition coefficient (Wildman–Crippen LogP) is 0.460. The van der Waals surface area contributed by atoms with Crippen LogP contribution in [0.5, 0.6) is 0 Å². The van der Waals surface area contributed by atoms with Gasteiger partial charge in [0.1, 0.15) is 0 Å². The van der Waals surface area contributed by atoms with Crippen molar-refractivity contribution in [3.05, 3.63) is 29.3 Å². The minimum Gasteiger partial charge on any atom is -0.348 e. The summed E-state index contributed by atoms with van der Waals surface area (Å²) in [7, 11) is 1.84. The Labute approximate surface area is 129 Å². The predicted molar refractivity (Wildman–Crippen MR) is 82.5 cm³/mol. The van der Waals surface area contributed by atoms with Crippen LogP contribution < -0.4 is 15.5 Å². The Morgan fingerprint density at radius 1 is 1.38 bits per heavy atom. The van der Waals surface area contributed by atoms with Gasteiger partial charge in [-0.1, -0.05) is 23.7 Å². The zero-order valence-corrected chi connectivity index (χ0v) is 13.0. The molecule has 0 saturated heterocycles. The summed E-state index contributed by atoms with van der Waals surface area (Å²) in [5, 5.41) is 6.22. The molecule has 1 unspecified atom stereocenters. The summed E-state index contributed by atoms with van der Waals surface area (Å²) in [6, 6.07) is 7.16. The number of likely N-dealkylation sites (N-methyl/N-ethyl adjacent to an activating group) is 1. The Bertz CT molecular complexity index is 531. The molecule has 0 aromatic heterocycles. The number of amides is 2. The molecule has 6 heteroatoms. The number of carbonyl (C=O) groups excluding carboxylic acids is 2. The van der Waals surface area contributed by atoms with Crippen molar-refractivity contribution < 1.29 is 14.5 Å². The number of hydrogen-bond acceptors (Lipinski definition) is 2. The van der Waals surface area contributed by atoms with Crippen molar-refractivity contribution in [2.75, 3.05) is 18.9 Å². The van der Waals surface area contributed by atoms with Crippen molar-refractivity contribution in [3.63, 3.8) is 0 Å². The highest BCUT2D eigenvalue weighted by atomic mass is 35.5. The van der Waals surface area contributed by atoms with E-state index in [0.29, 0.717) is 16.8 Å². The average molecular weight is 311 g/mol. The molecule has 0 bridgehead atoms. The van der Waals surface area contributed by atoms with Crippen LogP contribution in [0.4, 0.5) is 5.69 Å². The summed E-state index contributed by atoms with van der Waals surface area (Å²) in [5.41, 5.74) is 0.590. The van der Waals surface area contributed by atoms with Crippen molar-refractivity contribution in [3.8, 4) is 0 Å². The highest BCUT2D eigenvalue weighted by Gasteiger charge is 2.29. The van der Waals surface area contributed by atoms with Crippen molar-refractivity contribution in [1.29, 1.82) is 0 Å². The van der Waals surface area contributed by atoms with Crippen molar-refractivity contribution >= 4 is 29.1 Å². The van der Waals surface area contributed by atoms with E-state index in [-0.39, 0.29) is 24.4 Å². The zero-order valence-electron chi connectivity index (χ0n) is 12.3. The highest BCUT2D eigenvalue weighted by molar-refractivity contribution is 6.33. The summed E-state index contributed by atoms with van der Waals surface area (Å²) < 4.78 is 0. The average Bonchev–Trinajstić information content (AvgIpc) is 3.24. The maximum atomic E-state index is 12.0. The molecular formula is C15H21ClN3O2+. The fourth-order valence-corrected chi connectivity index (χ4v) is 2.12. The van der Waals surface area contributed by atoms with Crippen LogP contribution in [0.3, 0.4) is 0 Å². The molecule has 0 heterocycles.